The Bertz CT molecular complexity index is 668. The fraction of sp³-hybridized carbons (Fsp3) is 0.625. The lowest BCUT2D eigenvalue weighted by Crippen LogP contribution is -2.30. The molecule has 2 aromatic heterocycles. The van der Waals surface area contributed by atoms with Crippen molar-refractivity contribution in [1.82, 2.24) is 19.5 Å². The van der Waals surface area contributed by atoms with Gasteiger partial charge >= 0.3 is 0 Å². The summed E-state index contributed by atoms with van der Waals surface area (Å²) in [7, 11) is 0. The van der Waals surface area contributed by atoms with Gasteiger partial charge in [-0.2, -0.15) is 0 Å². The van der Waals surface area contributed by atoms with Gasteiger partial charge < -0.3 is 24.1 Å². The molecule has 0 unspecified atom stereocenters. The van der Waals surface area contributed by atoms with Crippen molar-refractivity contribution in [3.8, 4) is 11.5 Å². The third-order valence-electron chi connectivity index (χ3n) is 4.66. The number of H-pyrrole nitrogens is 1. The number of aliphatic hydroxyl groups is 1. The standard InChI is InChI=1S/C16H22N4O3/c1-2-3-4-13-18-7-10(19-13)16-17-5-6-20(16)11-8-22-15-12(21)9-23-14(11)15/h5-7,11-12,14-15,21H,2-4,8-9H2,1H3,(H,18,19)/t11-,12+,14+,15+/m0/s1. The number of aryl methyl sites for hydroxylation is 1. The fourth-order valence-electron chi connectivity index (χ4n) is 3.43. The molecule has 4 atom stereocenters. The van der Waals surface area contributed by atoms with E-state index in [9.17, 15) is 5.11 Å². The van der Waals surface area contributed by atoms with E-state index in [1.165, 1.54) is 0 Å². The maximum atomic E-state index is 9.90. The molecule has 4 heterocycles. The molecule has 0 radical (unpaired) electrons. The maximum absolute atomic E-state index is 9.90. The van der Waals surface area contributed by atoms with E-state index in [-0.39, 0.29) is 18.2 Å². The second-order valence-electron chi connectivity index (χ2n) is 6.24. The van der Waals surface area contributed by atoms with Gasteiger partial charge in [-0.3, -0.25) is 0 Å². The van der Waals surface area contributed by atoms with Gasteiger partial charge in [0.05, 0.1) is 25.5 Å². The van der Waals surface area contributed by atoms with Crippen molar-refractivity contribution >= 4 is 0 Å². The summed E-state index contributed by atoms with van der Waals surface area (Å²) < 4.78 is 13.5. The number of ether oxygens (including phenoxy) is 2. The van der Waals surface area contributed by atoms with E-state index in [2.05, 4.69) is 26.4 Å². The van der Waals surface area contributed by atoms with Crippen molar-refractivity contribution in [2.75, 3.05) is 13.2 Å². The Morgan fingerprint density at radius 2 is 2.17 bits per heavy atom. The quantitative estimate of drug-likeness (QED) is 0.868. The topological polar surface area (TPSA) is 85.2 Å². The monoisotopic (exact) mass is 318 g/mol. The molecular formula is C16H22N4O3. The summed E-state index contributed by atoms with van der Waals surface area (Å²) in [6.45, 7) is 3.02. The maximum Gasteiger partial charge on any atom is 0.158 e. The zero-order valence-electron chi connectivity index (χ0n) is 13.2. The Kier molecular flexibility index (Phi) is 3.92. The number of aromatic nitrogens is 4. The van der Waals surface area contributed by atoms with Crippen molar-refractivity contribution < 1.29 is 14.6 Å². The number of imidazole rings is 2. The predicted octanol–water partition coefficient (Wildman–Crippen LogP) is 1.32. The molecule has 4 rings (SSSR count). The highest BCUT2D eigenvalue weighted by Gasteiger charge is 2.48. The number of hydrogen-bond acceptors (Lipinski definition) is 5. The van der Waals surface area contributed by atoms with Crippen molar-refractivity contribution in [2.24, 2.45) is 0 Å². The van der Waals surface area contributed by atoms with Gasteiger partial charge in [-0.05, 0) is 6.42 Å². The second kappa shape index (κ2) is 6.07. The van der Waals surface area contributed by atoms with Crippen molar-refractivity contribution in [3.05, 3.63) is 24.4 Å². The van der Waals surface area contributed by atoms with Gasteiger partial charge in [0.1, 0.15) is 29.8 Å². The van der Waals surface area contributed by atoms with Gasteiger partial charge in [-0.25, -0.2) is 9.97 Å². The first-order chi connectivity index (χ1) is 11.3. The molecule has 0 aliphatic carbocycles. The minimum atomic E-state index is -0.537. The fourth-order valence-corrected chi connectivity index (χ4v) is 3.43. The van der Waals surface area contributed by atoms with Crippen LogP contribution in [0.3, 0.4) is 0 Å². The molecule has 0 amide bonds. The Balaban J connectivity index is 1.58. The number of aromatic amines is 1. The number of nitrogens with zero attached hydrogens (tertiary/aromatic N) is 3. The minimum absolute atomic E-state index is 0.0250. The van der Waals surface area contributed by atoms with Crippen molar-refractivity contribution in [2.45, 2.75) is 50.5 Å². The molecule has 2 N–H and O–H groups in total. The van der Waals surface area contributed by atoms with Crippen LogP contribution in [0.5, 0.6) is 0 Å². The van der Waals surface area contributed by atoms with Gasteiger partial charge in [-0.1, -0.05) is 13.3 Å². The number of unbranched alkanes of at least 4 members (excludes halogenated alkanes) is 1. The van der Waals surface area contributed by atoms with Gasteiger partial charge in [0.15, 0.2) is 5.82 Å². The molecule has 2 aliphatic rings. The first-order valence-corrected chi connectivity index (χ1v) is 8.26. The predicted molar refractivity (Wildman–Crippen MR) is 82.9 cm³/mol. The first-order valence-electron chi connectivity index (χ1n) is 8.26. The molecule has 23 heavy (non-hydrogen) atoms. The number of fused-ring (bicyclic) bond motifs is 1. The summed E-state index contributed by atoms with van der Waals surface area (Å²) in [6.07, 6.45) is 7.86. The molecule has 2 aliphatic heterocycles. The molecule has 0 aromatic carbocycles. The van der Waals surface area contributed by atoms with Crippen molar-refractivity contribution in [1.29, 1.82) is 0 Å². The van der Waals surface area contributed by atoms with E-state index >= 15 is 0 Å². The molecule has 2 fully saturated rings. The third-order valence-corrected chi connectivity index (χ3v) is 4.66. The summed E-state index contributed by atoms with van der Waals surface area (Å²) in [5, 5.41) is 9.90. The highest BCUT2D eigenvalue weighted by molar-refractivity contribution is 5.49. The van der Waals surface area contributed by atoms with E-state index in [0.29, 0.717) is 13.2 Å². The van der Waals surface area contributed by atoms with E-state index < -0.39 is 6.10 Å². The van der Waals surface area contributed by atoms with Crippen LogP contribution in [-0.4, -0.2) is 56.2 Å². The number of aliphatic hydroxyl groups excluding tert-OH is 1. The largest absolute Gasteiger partial charge is 0.388 e. The van der Waals surface area contributed by atoms with E-state index in [4.69, 9.17) is 9.47 Å². The molecule has 2 aromatic rings. The summed E-state index contributed by atoms with van der Waals surface area (Å²) in [5.41, 5.74) is 0.906. The second-order valence-corrected chi connectivity index (χ2v) is 6.24. The molecule has 7 nitrogen and oxygen atoms in total. The summed E-state index contributed by atoms with van der Waals surface area (Å²) >= 11 is 0. The Morgan fingerprint density at radius 1 is 1.30 bits per heavy atom. The summed E-state index contributed by atoms with van der Waals surface area (Å²) in [6, 6.07) is 0.0250. The summed E-state index contributed by atoms with van der Waals surface area (Å²) in [4.78, 5) is 12.3. The minimum Gasteiger partial charge on any atom is -0.388 e. The third kappa shape index (κ3) is 2.58. The van der Waals surface area contributed by atoms with Crippen LogP contribution in [0.25, 0.3) is 11.5 Å². The van der Waals surface area contributed by atoms with E-state index in [1.807, 2.05) is 12.4 Å². The van der Waals surface area contributed by atoms with Crippen LogP contribution in [0.1, 0.15) is 31.6 Å². The first kappa shape index (κ1) is 14.9. The highest BCUT2D eigenvalue weighted by Crippen LogP contribution is 2.36. The Morgan fingerprint density at radius 3 is 3.04 bits per heavy atom. The van der Waals surface area contributed by atoms with Gasteiger partial charge in [0.2, 0.25) is 0 Å². The lowest BCUT2D eigenvalue weighted by Gasteiger charge is -2.19. The molecule has 0 spiro atoms. The van der Waals surface area contributed by atoms with Crippen LogP contribution < -0.4 is 0 Å². The molecule has 124 valence electrons. The van der Waals surface area contributed by atoms with Crippen LogP contribution in [0, 0.1) is 0 Å². The van der Waals surface area contributed by atoms with Gasteiger partial charge in [0, 0.05) is 18.8 Å². The van der Waals surface area contributed by atoms with Crippen LogP contribution in [0.2, 0.25) is 0 Å². The zero-order valence-corrected chi connectivity index (χ0v) is 13.2. The average molecular weight is 318 g/mol. The van der Waals surface area contributed by atoms with Crippen LogP contribution in [-0.2, 0) is 15.9 Å². The molecule has 0 saturated carbocycles. The van der Waals surface area contributed by atoms with Gasteiger partial charge in [0.25, 0.3) is 0 Å². The number of rotatable bonds is 5. The molecule has 2 saturated heterocycles. The number of nitrogens with one attached hydrogen (secondary N) is 1. The smallest absolute Gasteiger partial charge is 0.158 e. The molecular weight excluding hydrogens is 296 g/mol. The Hall–Kier alpha value is -1.70. The average Bonchev–Trinajstić information content (AvgIpc) is 3.30. The molecule has 0 bridgehead atoms. The Labute approximate surface area is 134 Å². The van der Waals surface area contributed by atoms with Crippen LogP contribution in [0.15, 0.2) is 18.6 Å². The van der Waals surface area contributed by atoms with Gasteiger partial charge in [-0.15, -0.1) is 0 Å². The lowest BCUT2D eigenvalue weighted by atomic mass is 10.1. The molecule has 7 heteroatoms. The van der Waals surface area contributed by atoms with Crippen LogP contribution >= 0.6 is 0 Å². The zero-order chi connectivity index (χ0) is 15.8. The summed E-state index contributed by atoms with van der Waals surface area (Å²) in [5.74, 6) is 1.82. The van der Waals surface area contributed by atoms with E-state index in [1.54, 1.807) is 6.20 Å². The van der Waals surface area contributed by atoms with E-state index in [0.717, 1.165) is 36.6 Å². The normalized spacial score (nSPS) is 30.0. The SMILES string of the molecule is CCCCc1ncc(-c2nccn2[C@H]2CO[C@H]3[C@@H]2OC[C@H]3O)[nH]1. The van der Waals surface area contributed by atoms with Crippen LogP contribution in [0.4, 0.5) is 0 Å². The number of hydrogen-bond donors (Lipinski definition) is 2. The highest BCUT2D eigenvalue weighted by atomic mass is 16.6. The van der Waals surface area contributed by atoms with Crippen molar-refractivity contribution in [3.63, 3.8) is 0 Å². The lowest BCUT2D eigenvalue weighted by molar-refractivity contribution is 0.0172.